The number of hydrogen-bond acceptors (Lipinski definition) is 2. The van der Waals surface area contributed by atoms with E-state index in [9.17, 15) is 5.11 Å². The molecule has 2 unspecified atom stereocenters. The number of aliphatic imine (C=N–C) groups is 1. The Morgan fingerprint density at radius 3 is 3.06 bits per heavy atom. The highest BCUT2D eigenvalue weighted by atomic mass is 35.5. The summed E-state index contributed by atoms with van der Waals surface area (Å²) in [5, 5.41) is 10.5. The normalized spacial score (nSPS) is 33.2. The van der Waals surface area contributed by atoms with Crippen molar-refractivity contribution in [2.45, 2.75) is 39.0 Å². The van der Waals surface area contributed by atoms with Gasteiger partial charge in [0.05, 0.1) is 6.54 Å². The minimum atomic E-state index is 0.246. The maximum atomic E-state index is 10.2. The number of hydrogen-bond donors (Lipinski definition) is 1. The average molecular weight is 252 g/mol. The van der Waals surface area contributed by atoms with E-state index in [0.29, 0.717) is 17.6 Å². The predicted octanol–water partition coefficient (Wildman–Crippen LogP) is 3.98. The molecular formula is C14H18ClNO. The Labute approximate surface area is 107 Å². The van der Waals surface area contributed by atoms with E-state index in [2.05, 4.69) is 11.9 Å². The van der Waals surface area contributed by atoms with Crippen LogP contribution in [0.15, 0.2) is 27.5 Å². The Bertz CT molecular complexity index is 447. The van der Waals surface area contributed by atoms with Crippen LogP contribution in [0.5, 0.6) is 0 Å². The van der Waals surface area contributed by atoms with E-state index >= 15 is 0 Å². The van der Waals surface area contributed by atoms with E-state index in [1.54, 1.807) is 0 Å². The zero-order valence-corrected chi connectivity index (χ0v) is 10.9. The number of halogens is 1. The highest BCUT2D eigenvalue weighted by Crippen LogP contribution is 2.46. The van der Waals surface area contributed by atoms with Crippen LogP contribution in [-0.2, 0) is 0 Å². The Kier molecular flexibility index (Phi) is 2.78. The number of aliphatic hydroxyl groups is 1. The summed E-state index contributed by atoms with van der Waals surface area (Å²) in [4.78, 5) is 4.30. The van der Waals surface area contributed by atoms with Gasteiger partial charge in [0.25, 0.3) is 0 Å². The summed E-state index contributed by atoms with van der Waals surface area (Å²) < 4.78 is 0. The van der Waals surface area contributed by atoms with Crippen molar-refractivity contribution in [2.24, 2.45) is 16.8 Å². The highest BCUT2D eigenvalue weighted by molar-refractivity contribution is 6.69. The lowest BCUT2D eigenvalue weighted by atomic mass is 9.69. The molecule has 0 bridgehead atoms. The van der Waals surface area contributed by atoms with Crippen molar-refractivity contribution in [3.63, 3.8) is 0 Å². The van der Waals surface area contributed by atoms with Crippen LogP contribution in [0.4, 0.5) is 0 Å². The standard InChI is InChI=1S/C14H18ClNO/c1-8-5-9-3-2-4-11-12(9)10(6-8)7-16-14(15)13(11)17/h8-9,17H,2-7H2,1H3. The molecule has 92 valence electrons. The van der Waals surface area contributed by atoms with Crippen molar-refractivity contribution in [2.75, 3.05) is 6.54 Å². The van der Waals surface area contributed by atoms with Crippen molar-refractivity contribution < 1.29 is 5.11 Å². The van der Waals surface area contributed by atoms with E-state index in [-0.39, 0.29) is 5.76 Å². The van der Waals surface area contributed by atoms with Gasteiger partial charge in [-0.05, 0) is 55.1 Å². The van der Waals surface area contributed by atoms with Gasteiger partial charge in [-0.25, -0.2) is 0 Å². The third-order valence-electron chi connectivity index (χ3n) is 4.27. The molecule has 0 aromatic carbocycles. The molecule has 3 aliphatic rings. The molecule has 17 heavy (non-hydrogen) atoms. The minimum absolute atomic E-state index is 0.246. The van der Waals surface area contributed by atoms with Gasteiger partial charge >= 0.3 is 0 Å². The van der Waals surface area contributed by atoms with Crippen LogP contribution in [0.2, 0.25) is 0 Å². The van der Waals surface area contributed by atoms with Crippen LogP contribution in [0.1, 0.15) is 39.0 Å². The zero-order valence-electron chi connectivity index (χ0n) is 10.2. The van der Waals surface area contributed by atoms with Crippen LogP contribution in [0.3, 0.4) is 0 Å². The summed E-state index contributed by atoms with van der Waals surface area (Å²) in [6.45, 7) is 3.00. The Hall–Kier alpha value is -0.760. The summed E-state index contributed by atoms with van der Waals surface area (Å²) >= 11 is 6.03. The average Bonchev–Trinajstić information content (AvgIpc) is 2.43. The van der Waals surface area contributed by atoms with Gasteiger partial charge in [-0.1, -0.05) is 18.5 Å². The first-order valence-corrected chi connectivity index (χ1v) is 6.89. The van der Waals surface area contributed by atoms with E-state index in [1.807, 2.05) is 0 Å². The third kappa shape index (κ3) is 1.83. The maximum absolute atomic E-state index is 10.2. The Morgan fingerprint density at radius 2 is 2.24 bits per heavy atom. The van der Waals surface area contributed by atoms with Gasteiger partial charge in [0.1, 0.15) is 0 Å². The quantitative estimate of drug-likeness (QED) is 0.694. The number of aliphatic hydroxyl groups excluding tert-OH is 1. The van der Waals surface area contributed by atoms with E-state index in [0.717, 1.165) is 30.8 Å². The SMILES string of the molecule is CC1CC2=C3C(=C(O)C(Cl)=NC2)CCCC3C1. The van der Waals surface area contributed by atoms with Crippen molar-refractivity contribution in [3.8, 4) is 0 Å². The fraction of sp³-hybridized carbons (Fsp3) is 0.643. The van der Waals surface area contributed by atoms with Crippen molar-refractivity contribution in [3.05, 3.63) is 22.5 Å². The molecule has 0 radical (unpaired) electrons. The molecule has 1 fully saturated rings. The molecule has 2 atom stereocenters. The van der Waals surface area contributed by atoms with Crippen molar-refractivity contribution in [1.29, 1.82) is 0 Å². The smallest absolute Gasteiger partial charge is 0.166 e. The molecule has 1 aliphatic heterocycles. The van der Waals surface area contributed by atoms with Crippen LogP contribution in [0, 0.1) is 11.8 Å². The second-order valence-electron chi connectivity index (χ2n) is 5.59. The fourth-order valence-electron chi connectivity index (χ4n) is 3.65. The van der Waals surface area contributed by atoms with E-state index in [4.69, 9.17) is 11.6 Å². The van der Waals surface area contributed by atoms with E-state index < -0.39 is 0 Å². The number of nitrogens with zero attached hydrogens (tertiary/aromatic N) is 1. The highest BCUT2D eigenvalue weighted by Gasteiger charge is 2.34. The van der Waals surface area contributed by atoms with Gasteiger partial charge in [0, 0.05) is 5.57 Å². The number of rotatable bonds is 0. The summed E-state index contributed by atoms with van der Waals surface area (Å²) in [6.07, 6.45) is 5.76. The zero-order chi connectivity index (χ0) is 12.0. The second-order valence-corrected chi connectivity index (χ2v) is 5.94. The van der Waals surface area contributed by atoms with E-state index in [1.165, 1.54) is 24.0 Å². The third-order valence-corrected chi connectivity index (χ3v) is 4.56. The lowest BCUT2D eigenvalue weighted by molar-refractivity contribution is 0.348. The minimum Gasteiger partial charge on any atom is -0.504 e. The molecule has 2 nitrogen and oxygen atoms in total. The molecule has 0 spiro atoms. The summed E-state index contributed by atoms with van der Waals surface area (Å²) in [7, 11) is 0. The summed E-state index contributed by atoms with van der Waals surface area (Å²) in [6, 6.07) is 0. The lowest BCUT2D eigenvalue weighted by Crippen LogP contribution is -2.23. The molecule has 3 rings (SSSR count). The maximum Gasteiger partial charge on any atom is 0.166 e. The summed E-state index contributed by atoms with van der Waals surface area (Å²) in [5.74, 6) is 1.63. The fourth-order valence-corrected chi connectivity index (χ4v) is 3.82. The van der Waals surface area contributed by atoms with Gasteiger partial charge in [0.2, 0.25) is 0 Å². The topological polar surface area (TPSA) is 32.6 Å². The van der Waals surface area contributed by atoms with Crippen molar-refractivity contribution in [1.82, 2.24) is 0 Å². The molecule has 1 saturated carbocycles. The Balaban J connectivity index is 2.13. The van der Waals surface area contributed by atoms with Crippen LogP contribution in [0.25, 0.3) is 0 Å². The van der Waals surface area contributed by atoms with Crippen LogP contribution in [-0.4, -0.2) is 16.8 Å². The van der Waals surface area contributed by atoms with Gasteiger partial charge in [-0.3, -0.25) is 4.99 Å². The molecule has 0 amide bonds. The first kappa shape index (κ1) is 11.3. The van der Waals surface area contributed by atoms with Crippen molar-refractivity contribution >= 4 is 16.8 Å². The van der Waals surface area contributed by atoms with Gasteiger partial charge in [-0.15, -0.1) is 0 Å². The Morgan fingerprint density at radius 1 is 1.41 bits per heavy atom. The number of allylic oxidation sites excluding steroid dienone is 3. The summed E-state index contributed by atoms with van der Waals surface area (Å²) in [5.41, 5.74) is 3.92. The molecule has 0 aromatic rings. The van der Waals surface area contributed by atoms with Crippen LogP contribution < -0.4 is 0 Å². The molecule has 0 saturated heterocycles. The molecular weight excluding hydrogens is 234 g/mol. The molecule has 1 N–H and O–H groups in total. The lowest BCUT2D eigenvalue weighted by Gasteiger charge is -2.36. The monoisotopic (exact) mass is 251 g/mol. The molecule has 3 heteroatoms. The van der Waals surface area contributed by atoms with Gasteiger partial charge in [0.15, 0.2) is 10.9 Å². The molecule has 2 aliphatic carbocycles. The first-order valence-electron chi connectivity index (χ1n) is 6.51. The first-order chi connectivity index (χ1) is 8.16. The largest absolute Gasteiger partial charge is 0.504 e. The van der Waals surface area contributed by atoms with Gasteiger partial charge in [-0.2, -0.15) is 0 Å². The molecule has 1 heterocycles. The van der Waals surface area contributed by atoms with Gasteiger partial charge < -0.3 is 5.11 Å². The molecule has 0 aromatic heterocycles. The predicted molar refractivity (Wildman–Crippen MR) is 70.6 cm³/mol. The second kappa shape index (κ2) is 4.16. The van der Waals surface area contributed by atoms with Crippen LogP contribution >= 0.6 is 11.6 Å².